The number of nitrogens with zero attached hydrogens (tertiary/aromatic N) is 1. The Morgan fingerprint density at radius 3 is 3.00 bits per heavy atom. The van der Waals surface area contributed by atoms with E-state index in [0.29, 0.717) is 12.2 Å². The molecule has 0 unspecified atom stereocenters. The van der Waals surface area contributed by atoms with Crippen LogP contribution in [0.3, 0.4) is 0 Å². The molecule has 0 aromatic rings. The van der Waals surface area contributed by atoms with Crippen molar-refractivity contribution < 1.29 is 4.79 Å². The second kappa shape index (κ2) is 2.06. The molecule has 0 atom stereocenters. The van der Waals surface area contributed by atoms with Gasteiger partial charge in [0.2, 0.25) is 5.91 Å². The molecule has 0 aromatic carbocycles. The van der Waals surface area contributed by atoms with Crippen molar-refractivity contribution in [2.45, 2.75) is 6.92 Å². The van der Waals surface area contributed by atoms with Crippen LogP contribution in [0, 0.1) is 0 Å². The first kappa shape index (κ1) is 6.10. The molecule has 0 bridgehead atoms. The lowest BCUT2D eigenvalue weighted by molar-refractivity contribution is -0.118. The maximum absolute atomic E-state index is 10.7. The van der Waals surface area contributed by atoms with Gasteiger partial charge in [-0.2, -0.15) is 0 Å². The third kappa shape index (κ3) is 1.20. The summed E-state index contributed by atoms with van der Waals surface area (Å²) in [5, 5.41) is 4.00. The minimum absolute atomic E-state index is 0.0447. The first-order valence-electron chi connectivity index (χ1n) is 2.68. The summed E-state index contributed by atoms with van der Waals surface area (Å²) in [5.74, 6) is 5.28. The molecule has 3 N–H and O–H groups in total. The van der Waals surface area contributed by atoms with E-state index < -0.39 is 0 Å². The zero-order valence-corrected chi connectivity index (χ0v) is 5.22. The van der Waals surface area contributed by atoms with Gasteiger partial charge in [-0.25, -0.2) is 5.84 Å². The topological polar surface area (TPSA) is 58.4 Å². The molecule has 0 saturated heterocycles. The molecule has 4 nitrogen and oxygen atoms in total. The van der Waals surface area contributed by atoms with Crippen LogP contribution in [0.1, 0.15) is 6.92 Å². The van der Waals surface area contributed by atoms with Crippen LogP contribution in [0.25, 0.3) is 0 Å². The monoisotopic (exact) mass is 127 g/mol. The van der Waals surface area contributed by atoms with Crippen molar-refractivity contribution in [3.05, 3.63) is 11.8 Å². The van der Waals surface area contributed by atoms with E-state index >= 15 is 0 Å². The average Bonchev–Trinajstić information content (AvgIpc) is 1.80. The Morgan fingerprint density at radius 1 is 1.89 bits per heavy atom. The minimum Gasteiger partial charge on any atom is -0.334 e. The summed E-state index contributed by atoms with van der Waals surface area (Å²) < 4.78 is 0. The molecular formula is C5H9N3O. The number of carbonyl (C=O) groups is 1. The summed E-state index contributed by atoms with van der Waals surface area (Å²) in [6.07, 6.45) is 1.61. The summed E-state index contributed by atoms with van der Waals surface area (Å²) in [6.45, 7) is 2.12. The van der Waals surface area contributed by atoms with Crippen molar-refractivity contribution in [2.75, 3.05) is 6.67 Å². The van der Waals surface area contributed by atoms with Crippen molar-refractivity contribution in [3.8, 4) is 0 Å². The molecule has 1 amide bonds. The van der Waals surface area contributed by atoms with Crippen LogP contribution in [0.5, 0.6) is 0 Å². The Bertz CT molecular complexity index is 164. The number of nitrogens with two attached hydrogens (primary N) is 1. The second-order valence-corrected chi connectivity index (χ2v) is 1.99. The number of hydrogen-bond acceptors (Lipinski definition) is 3. The van der Waals surface area contributed by atoms with Gasteiger partial charge < -0.3 is 5.32 Å². The molecule has 1 heterocycles. The highest BCUT2D eigenvalue weighted by Gasteiger charge is 2.09. The number of hydrazine groups is 1. The standard InChI is InChI=1S/C5H9N3O/c1-4-2-8(6)3-7-5(4)9/h2H,3,6H2,1H3,(H,7,9). The predicted molar refractivity (Wildman–Crippen MR) is 32.8 cm³/mol. The Balaban J connectivity index is 2.72. The lowest BCUT2D eigenvalue weighted by Gasteiger charge is -2.20. The number of amides is 1. The van der Waals surface area contributed by atoms with Crippen LogP contribution in [0.15, 0.2) is 11.8 Å². The predicted octanol–water partition coefficient (Wildman–Crippen LogP) is -0.847. The summed E-state index contributed by atoms with van der Waals surface area (Å²) in [5.41, 5.74) is 0.642. The largest absolute Gasteiger partial charge is 0.334 e. The Kier molecular flexibility index (Phi) is 1.40. The molecule has 4 heteroatoms. The minimum atomic E-state index is -0.0447. The van der Waals surface area contributed by atoms with Gasteiger partial charge in [0.05, 0.1) is 0 Å². The fraction of sp³-hybridized carbons (Fsp3) is 0.400. The highest BCUT2D eigenvalue weighted by atomic mass is 16.2. The number of hydrogen-bond donors (Lipinski definition) is 2. The van der Waals surface area contributed by atoms with Gasteiger partial charge in [-0.15, -0.1) is 0 Å². The van der Waals surface area contributed by atoms with E-state index in [-0.39, 0.29) is 5.91 Å². The third-order valence-corrected chi connectivity index (χ3v) is 1.14. The molecule has 0 aromatic heterocycles. The van der Waals surface area contributed by atoms with Crippen LogP contribution in [-0.2, 0) is 4.79 Å². The van der Waals surface area contributed by atoms with Gasteiger partial charge in [-0.3, -0.25) is 9.80 Å². The highest BCUT2D eigenvalue weighted by Crippen LogP contribution is 1.97. The molecule has 0 fully saturated rings. The number of rotatable bonds is 0. The fourth-order valence-electron chi connectivity index (χ4n) is 0.656. The van der Waals surface area contributed by atoms with E-state index in [0.717, 1.165) is 0 Å². The normalized spacial score (nSPS) is 19.1. The summed E-state index contributed by atoms with van der Waals surface area (Å²) >= 11 is 0. The Morgan fingerprint density at radius 2 is 2.56 bits per heavy atom. The number of nitrogens with one attached hydrogen (secondary N) is 1. The maximum Gasteiger partial charge on any atom is 0.249 e. The molecule has 0 aliphatic carbocycles. The average molecular weight is 127 g/mol. The van der Waals surface area contributed by atoms with Gasteiger partial charge in [0.1, 0.15) is 6.67 Å². The molecule has 50 valence electrons. The zero-order chi connectivity index (χ0) is 6.85. The van der Waals surface area contributed by atoms with Crippen molar-refractivity contribution in [1.29, 1.82) is 0 Å². The van der Waals surface area contributed by atoms with Crippen molar-refractivity contribution in [3.63, 3.8) is 0 Å². The molecule has 9 heavy (non-hydrogen) atoms. The summed E-state index contributed by atoms with van der Waals surface area (Å²) in [4.78, 5) is 10.7. The highest BCUT2D eigenvalue weighted by molar-refractivity contribution is 5.93. The van der Waals surface area contributed by atoms with Crippen molar-refractivity contribution in [2.24, 2.45) is 5.84 Å². The van der Waals surface area contributed by atoms with Crippen LogP contribution >= 0.6 is 0 Å². The van der Waals surface area contributed by atoms with E-state index in [1.165, 1.54) is 5.01 Å². The van der Waals surface area contributed by atoms with Crippen LogP contribution in [0.4, 0.5) is 0 Å². The van der Waals surface area contributed by atoms with Crippen LogP contribution in [0.2, 0.25) is 0 Å². The van der Waals surface area contributed by atoms with Crippen LogP contribution < -0.4 is 11.2 Å². The SMILES string of the molecule is CC1=CN(N)CNC1=O. The number of carbonyl (C=O) groups excluding carboxylic acids is 1. The maximum atomic E-state index is 10.7. The molecular weight excluding hydrogens is 118 g/mol. The van der Waals surface area contributed by atoms with E-state index in [1.54, 1.807) is 13.1 Å². The van der Waals surface area contributed by atoms with E-state index in [4.69, 9.17) is 5.84 Å². The van der Waals surface area contributed by atoms with Gasteiger partial charge in [-0.1, -0.05) is 0 Å². The first-order valence-corrected chi connectivity index (χ1v) is 2.68. The van der Waals surface area contributed by atoms with Crippen molar-refractivity contribution >= 4 is 5.91 Å². The third-order valence-electron chi connectivity index (χ3n) is 1.14. The van der Waals surface area contributed by atoms with E-state index in [1.807, 2.05) is 0 Å². The Labute approximate surface area is 53.3 Å². The van der Waals surface area contributed by atoms with Gasteiger partial charge in [0, 0.05) is 11.8 Å². The van der Waals surface area contributed by atoms with Crippen molar-refractivity contribution in [1.82, 2.24) is 10.3 Å². The zero-order valence-electron chi connectivity index (χ0n) is 5.22. The van der Waals surface area contributed by atoms with Crippen LogP contribution in [-0.4, -0.2) is 17.6 Å². The van der Waals surface area contributed by atoms with E-state index in [2.05, 4.69) is 5.32 Å². The molecule has 0 radical (unpaired) electrons. The lowest BCUT2D eigenvalue weighted by Crippen LogP contribution is -2.43. The first-order chi connectivity index (χ1) is 4.20. The lowest BCUT2D eigenvalue weighted by atomic mass is 10.3. The molecule has 0 saturated carbocycles. The second-order valence-electron chi connectivity index (χ2n) is 1.99. The van der Waals surface area contributed by atoms with Gasteiger partial charge in [-0.05, 0) is 6.92 Å². The smallest absolute Gasteiger partial charge is 0.249 e. The molecule has 1 aliphatic rings. The quantitative estimate of drug-likeness (QED) is 0.417. The van der Waals surface area contributed by atoms with Gasteiger partial charge in [0.25, 0.3) is 0 Å². The summed E-state index contributed by atoms with van der Waals surface area (Å²) in [7, 11) is 0. The molecule has 1 rings (SSSR count). The molecule has 1 aliphatic heterocycles. The Hall–Kier alpha value is -1.03. The van der Waals surface area contributed by atoms with Gasteiger partial charge in [0.15, 0.2) is 0 Å². The van der Waals surface area contributed by atoms with Gasteiger partial charge >= 0.3 is 0 Å². The molecule has 0 spiro atoms. The van der Waals surface area contributed by atoms with E-state index in [9.17, 15) is 4.79 Å². The fourth-order valence-corrected chi connectivity index (χ4v) is 0.656. The summed E-state index contributed by atoms with van der Waals surface area (Å²) in [6, 6.07) is 0.